The first kappa shape index (κ1) is 21.7. The van der Waals surface area contributed by atoms with E-state index in [-0.39, 0.29) is 12.5 Å². The molecule has 1 atom stereocenters. The third kappa shape index (κ3) is 5.43. The van der Waals surface area contributed by atoms with E-state index in [0.29, 0.717) is 32.3 Å². The molecule has 0 unspecified atom stereocenters. The fraction of sp³-hybridized carbons (Fsp3) is 0.385. The van der Waals surface area contributed by atoms with Crippen LogP contribution < -0.4 is 10.1 Å². The van der Waals surface area contributed by atoms with Crippen molar-refractivity contribution in [3.8, 4) is 5.75 Å². The summed E-state index contributed by atoms with van der Waals surface area (Å²) < 4.78 is 11.1. The number of aromatic nitrogens is 1. The number of carbonyl (C=O) groups excluding carboxylic acids is 1. The summed E-state index contributed by atoms with van der Waals surface area (Å²) in [6.45, 7) is 5.46. The Hall–Kier alpha value is -3.16. The summed E-state index contributed by atoms with van der Waals surface area (Å²) in [5.74, 6) is 0.758. The Morgan fingerprint density at radius 3 is 2.91 bits per heavy atom. The van der Waals surface area contributed by atoms with Crippen LogP contribution in [0.4, 0.5) is 5.69 Å². The number of amides is 1. The minimum atomic E-state index is 0.0152. The molecule has 2 aromatic carbocycles. The largest absolute Gasteiger partial charge is 0.484 e. The molecular formula is C26H30N4O3. The lowest BCUT2D eigenvalue weighted by molar-refractivity contribution is -0.137. The maximum Gasteiger partial charge on any atom is 0.260 e. The Labute approximate surface area is 194 Å². The van der Waals surface area contributed by atoms with Crippen molar-refractivity contribution in [3.05, 3.63) is 66.5 Å². The average molecular weight is 447 g/mol. The monoisotopic (exact) mass is 446 g/mol. The number of pyridine rings is 1. The van der Waals surface area contributed by atoms with E-state index in [9.17, 15) is 4.79 Å². The second kappa shape index (κ2) is 10.2. The van der Waals surface area contributed by atoms with Gasteiger partial charge in [0.25, 0.3) is 5.91 Å². The molecule has 2 fully saturated rings. The molecule has 2 aliphatic heterocycles. The van der Waals surface area contributed by atoms with Crippen molar-refractivity contribution in [1.82, 2.24) is 14.8 Å². The van der Waals surface area contributed by atoms with E-state index in [0.717, 1.165) is 37.2 Å². The molecule has 2 saturated heterocycles. The first-order valence-corrected chi connectivity index (χ1v) is 11.6. The lowest BCUT2D eigenvalue weighted by Crippen LogP contribution is -2.42. The van der Waals surface area contributed by atoms with Gasteiger partial charge in [-0.1, -0.05) is 24.3 Å². The number of hydrogen-bond acceptors (Lipinski definition) is 6. The zero-order valence-corrected chi connectivity index (χ0v) is 18.8. The number of anilines is 1. The topological polar surface area (TPSA) is 66.9 Å². The molecule has 0 spiro atoms. The number of carbonyl (C=O) groups is 1. The number of rotatable bonds is 7. The fourth-order valence-corrected chi connectivity index (χ4v) is 4.60. The van der Waals surface area contributed by atoms with E-state index < -0.39 is 0 Å². The maximum atomic E-state index is 12.3. The van der Waals surface area contributed by atoms with Crippen LogP contribution in [0, 0.1) is 0 Å². The Kier molecular flexibility index (Phi) is 6.69. The van der Waals surface area contributed by atoms with Gasteiger partial charge in [-0.15, -0.1) is 0 Å². The molecule has 1 N–H and O–H groups in total. The normalized spacial score (nSPS) is 19.0. The van der Waals surface area contributed by atoms with Crippen molar-refractivity contribution in [3.63, 3.8) is 0 Å². The number of ether oxygens (including phenoxy) is 2. The first-order chi connectivity index (χ1) is 16.2. The maximum absolute atomic E-state index is 12.3. The lowest BCUT2D eigenvalue weighted by atomic mass is 10.1. The van der Waals surface area contributed by atoms with Crippen LogP contribution in [-0.4, -0.2) is 72.7 Å². The molecule has 5 rings (SSSR count). The van der Waals surface area contributed by atoms with Crippen LogP contribution in [0.3, 0.4) is 0 Å². The van der Waals surface area contributed by atoms with Crippen molar-refractivity contribution in [2.24, 2.45) is 0 Å². The van der Waals surface area contributed by atoms with Gasteiger partial charge in [0.05, 0.1) is 13.2 Å². The minimum Gasteiger partial charge on any atom is -0.484 e. The van der Waals surface area contributed by atoms with Gasteiger partial charge in [0.15, 0.2) is 6.61 Å². The molecule has 0 saturated carbocycles. The smallest absolute Gasteiger partial charge is 0.260 e. The number of morpholine rings is 1. The molecule has 1 amide bonds. The molecule has 1 aromatic heterocycles. The number of fused-ring (bicyclic) bond motifs is 1. The van der Waals surface area contributed by atoms with Gasteiger partial charge in [-0.05, 0) is 36.2 Å². The molecule has 7 heteroatoms. The van der Waals surface area contributed by atoms with Crippen LogP contribution in [0.2, 0.25) is 0 Å². The summed E-state index contributed by atoms with van der Waals surface area (Å²) in [5.41, 5.74) is 2.37. The third-order valence-electron chi connectivity index (χ3n) is 6.34. The highest BCUT2D eigenvalue weighted by atomic mass is 16.5. The zero-order valence-electron chi connectivity index (χ0n) is 18.8. The number of hydrogen-bond donors (Lipinski definition) is 1. The second-order valence-electron chi connectivity index (χ2n) is 8.70. The van der Waals surface area contributed by atoms with Gasteiger partial charge in [0, 0.05) is 67.6 Å². The highest BCUT2D eigenvalue weighted by Gasteiger charge is 2.23. The van der Waals surface area contributed by atoms with Crippen LogP contribution in [0.15, 0.2) is 60.9 Å². The van der Waals surface area contributed by atoms with E-state index in [1.807, 2.05) is 30.6 Å². The predicted molar refractivity (Wildman–Crippen MR) is 128 cm³/mol. The molecule has 172 valence electrons. The molecule has 0 aliphatic carbocycles. The van der Waals surface area contributed by atoms with Crippen LogP contribution in [0.1, 0.15) is 12.0 Å². The zero-order chi connectivity index (χ0) is 22.5. The molecule has 33 heavy (non-hydrogen) atoms. The van der Waals surface area contributed by atoms with E-state index in [1.54, 1.807) is 4.90 Å². The summed E-state index contributed by atoms with van der Waals surface area (Å²) in [7, 11) is 0. The quantitative estimate of drug-likeness (QED) is 0.602. The van der Waals surface area contributed by atoms with Crippen LogP contribution in [0.25, 0.3) is 10.8 Å². The van der Waals surface area contributed by atoms with Gasteiger partial charge < -0.3 is 19.7 Å². The van der Waals surface area contributed by atoms with Crippen molar-refractivity contribution < 1.29 is 14.3 Å². The minimum absolute atomic E-state index is 0.0152. The standard InChI is InChI=1S/C26H30N4O3/c31-26(30-11-13-32-14-12-30)19-33-23-5-1-3-20(15-23)17-29-10-8-22(18-29)28-25-6-2-4-21-16-27-9-7-24(21)25/h1-7,9,15-16,22,28H,8,10-14,17-19H2/t22-/m1/s1. The van der Waals surface area contributed by atoms with Gasteiger partial charge in [0.2, 0.25) is 0 Å². The molecular weight excluding hydrogens is 416 g/mol. The van der Waals surface area contributed by atoms with Crippen molar-refractivity contribution in [1.29, 1.82) is 0 Å². The molecule has 2 aliphatic rings. The Morgan fingerprint density at radius 1 is 1.12 bits per heavy atom. The molecule has 3 heterocycles. The van der Waals surface area contributed by atoms with Gasteiger partial charge in [-0.25, -0.2) is 0 Å². The van der Waals surface area contributed by atoms with E-state index in [1.165, 1.54) is 16.6 Å². The lowest BCUT2D eigenvalue weighted by Gasteiger charge is -2.26. The Morgan fingerprint density at radius 2 is 2.00 bits per heavy atom. The fourth-order valence-electron chi connectivity index (χ4n) is 4.60. The number of likely N-dealkylation sites (tertiary alicyclic amines) is 1. The SMILES string of the molecule is O=C(COc1cccc(CN2CC[C@@H](Nc3cccc4cnccc34)C2)c1)N1CCOCC1. The van der Waals surface area contributed by atoms with E-state index in [4.69, 9.17) is 9.47 Å². The van der Waals surface area contributed by atoms with Gasteiger partial charge in [-0.3, -0.25) is 14.7 Å². The summed E-state index contributed by atoms with van der Waals surface area (Å²) >= 11 is 0. The van der Waals surface area contributed by atoms with Crippen LogP contribution >= 0.6 is 0 Å². The molecule has 0 radical (unpaired) electrons. The van der Waals surface area contributed by atoms with Crippen molar-refractivity contribution >= 4 is 22.4 Å². The summed E-state index contributed by atoms with van der Waals surface area (Å²) in [4.78, 5) is 20.8. The summed E-state index contributed by atoms with van der Waals surface area (Å²) in [6.07, 6.45) is 4.86. The highest BCUT2D eigenvalue weighted by Crippen LogP contribution is 2.25. The van der Waals surface area contributed by atoms with Crippen LogP contribution in [-0.2, 0) is 16.1 Å². The number of nitrogens with one attached hydrogen (secondary N) is 1. The van der Waals surface area contributed by atoms with Crippen LogP contribution in [0.5, 0.6) is 5.75 Å². The van der Waals surface area contributed by atoms with Gasteiger partial charge in [-0.2, -0.15) is 0 Å². The summed E-state index contributed by atoms with van der Waals surface area (Å²) in [6, 6.07) is 16.9. The second-order valence-corrected chi connectivity index (χ2v) is 8.70. The van der Waals surface area contributed by atoms with E-state index >= 15 is 0 Å². The van der Waals surface area contributed by atoms with Crippen molar-refractivity contribution in [2.45, 2.75) is 19.0 Å². The Balaban J connectivity index is 1.14. The first-order valence-electron chi connectivity index (χ1n) is 11.6. The molecule has 3 aromatic rings. The third-order valence-corrected chi connectivity index (χ3v) is 6.34. The number of nitrogens with zero attached hydrogens (tertiary/aromatic N) is 3. The van der Waals surface area contributed by atoms with Crippen molar-refractivity contribution in [2.75, 3.05) is 51.3 Å². The Bertz CT molecular complexity index is 1090. The highest BCUT2D eigenvalue weighted by molar-refractivity contribution is 5.93. The van der Waals surface area contributed by atoms with E-state index in [2.05, 4.69) is 45.5 Å². The number of benzene rings is 2. The van der Waals surface area contributed by atoms with Gasteiger partial charge >= 0.3 is 0 Å². The van der Waals surface area contributed by atoms with Gasteiger partial charge in [0.1, 0.15) is 5.75 Å². The summed E-state index contributed by atoms with van der Waals surface area (Å²) in [5, 5.41) is 6.09. The molecule has 0 bridgehead atoms. The molecule has 7 nitrogen and oxygen atoms in total. The predicted octanol–water partition coefficient (Wildman–Crippen LogP) is 3.16. The average Bonchev–Trinajstić information content (AvgIpc) is 3.30.